The zero-order valence-corrected chi connectivity index (χ0v) is 15.1. The zero-order valence-electron chi connectivity index (χ0n) is 14.2. The Balaban J connectivity index is 1.44. The Morgan fingerprint density at radius 3 is 2.46 bits per heavy atom. The van der Waals surface area contributed by atoms with Gasteiger partial charge in [0.15, 0.2) is 0 Å². The summed E-state index contributed by atoms with van der Waals surface area (Å²) in [5, 5.41) is 2.77. The Morgan fingerprint density at radius 2 is 1.77 bits per heavy atom. The number of rotatable bonds is 6. The number of hydrogen-bond donors (Lipinski definition) is 2. The zero-order chi connectivity index (χ0) is 18.5. The molecule has 3 rings (SSSR count). The van der Waals surface area contributed by atoms with Crippen LogP contribution in [0.5, 0.6) is 0 Å². The van der Waals surface area contributed by atoms with Gasteiger partial charge in [-0.25, -0.2) is 4.79 Å². The number of carbonyl (C=O) groups excluding carboxylic acids is 3. The summed E-state index contributed by atoms with van der Waals surface area (Å²) in [4.78, 5) is 37.1. The van der Waals surface area contributed by atoms with E-state index < -0.39 is 11.9 Å². The van der Waals surface area contributed by atoms with Gasteiger partial charge in [-0.3, -0.25) is 9.59 Å². The maximum atomic E-state index is 12.2. The lowest BCUT2D eigenvalue weighted by atomic mass is 9.99. The molecule has 2 amide bonds. The smallest absolute Gasteiger partial charge is 0.338 e. The van der Waals surface area contributed by atoms with E-state index >= 15 is 0 Å². The second kappa shape index (κ2) is 8.14. The van der Waals surface area contributed by atoms with E-state index in [1.54, 1.807) is 11.3 Å². The Bertz CT molecular complexity index is 803. The van der Waals surface area contributed by atoms with Crippen LogP contribution in [0.15, 0.2) is 30.3 Å². The van der Waals surface area contributed by atoms with E-state index in [-0.39, 0.29) is 19.1 Å². The molecule has 0 aliphatic heterocycles. The molecule has 7 heteroatoms. The van der Waals surface area contributed by atoms with Gasteiger partial charge in [0.05, 0.1) is 17.0 Å². The van der Waals surface area contributed by atoms with Gasteiger partial charge in [-0.2, -0.15) is 0 Å². The maximum Gasteiger partial charge on any atom is 0.338 e. The number of hydrogen-bond acceptors (Lipinski definition) is 5. The standard InChI is InChI=1S/C19H20N2O4S/c20-17(22)12-5-7-13(8-6-12)19(24)25-10-9-21-18(23)16-11-14-3-1-2-4-15(14)26-16/h5-8,11H,1-4,9-10H2,(H2,20,22)(H,21,23). The largest absolute Gasteiger partial charge is 0.460 e. The Labute approximate surface area is 155 Å². The third-order valence-electron chi connectivity index (χ3n) is 4.25. The van der Waals surface area contributed by atoms with Crippen molar-refractivity contribution in [1.82, 2.24) is 5.32 Å². The van der Waals surface area contributed by atoms with Gasteiger partial charge in [-0.1, -0.05) is 0 Å². The van der Waals surface area contributed by atoms with Crippen LogP contribution in [0.25, 0.3) is 0 Å². The summed E-state index contributed by atoms with van der Waals surface area (Å²) in [6.07, 6.45) is 4.47. The summed E-state index contributed by atoms with van der Waals surface area (Å²) < 4.78 is 5.13. The van der Waals surface area contributed by atoms with Gasteiger partial charge in [0.2, 0.25) is 5.91 Å². The van der Waals surface area contributed by atoms with Gasteiger partial charge in [0.25, 0.3) is 5.91 Å². The number of primary amides is 1. The van der Waals surface area contributed by atoms with E-state index in [1.165, 1.54) is 47.5 Å². The topological polar surface area (TPSA) is 98.5 Å². The van der Waals surface area contributed by atoms with Crippen molar-refractivity contribution >= 4 is 29.1 Å². The average Bonchev–Trinajstić information content (AvgIpc) is 3.09. The van der Waals surface area contributed by atoms with E-state index in [9.17, 15) is 14.4 Å². The number of carbonyl (C=O) groups is 3. The first-order valence-electron chi connectivity index (χ1n) is 8.51. The predicted octanol–water partition coefficient (Wildman–Crippen LogP) is 2.31. The van der Waals surface area contributed by atoms with Crippen LogP contribution >= 0.6 is 11.3 Å². The van der Waals surface area contributed by atoms with Gasteiger partial charge >= 0.3 is 5.97 Å². The summed E-state index contributed by atoms with van der Waals surface area (Å²) in [5.41, 5.74) is 7.09. The van der Waals surface area contributed by atoms with E-state index in [0.29, 0.717) is 16.0 Å². The Kier molecular flexibility index (Phi) is 5.68. The molecule has 1 aliphatic rings. The highest BCUT2D eigenvalue weighted by molar-refractivity contribution is 7.14. The van der Waals surface area contributed by atoms with Crippen LogP contribution in [-0.2, 0) is 17.6 Å². The van der Waals surface area contributed by atoms with Crippen LogP contribution in [0.1, 0.15) is 53.7 Å². The fourth-order valence-corrected chi connectivity index (χ4v) is 4.02. The highest BCUT2D eigenvalue weighted by Gasteiger charge is 2.17. The van der Waals surface area contributed by atoms with Crippen LogP contribution in [-0.4, -0.2) is 30.9 Å². The quantitative estimate of drug-likeness (QED) is 0.600. The van der Waals surface area contributed by atoms with Crippen molar-refractivity contribution in [3.05, 3.63) is 56.8 Å². The van der Waals surface area contributed by atoms with Gasteiger partial charge in [0.1, 0.15) is 6.61 Å². The molecule has 6 nitrogen and oxygen atoms in total. The number of nitrogens with one attached hydrogen (secondary N) is 1. The normalized spacial score (nSPS) is 12.9. The monoisotopic (exact) mass is 372 g/mol. The van der Waals surface area contributed by atoms with E-state index in [1.807, 2.05) is 6.07 Å². The van der Waals surface area contributed by atoms with Gasteiger partial charge in [-0.15, -0.1) is 11.3 Å². The first-order valence-corrected chi connectivity index (χ1v) is 9.33. The molecule has 0 spiro atoms. The SMILES string of the molecule is NC(=O)c1ccc(C(=O)OCCNC(=O)c2cc3c(s2)CCCC3)cc1. The molecular weight excluding hydrogens is 352 g/mol. The molecule has 0 saturated heterocycles. The minimum absolute atomic E-state index is 0.0766. The minimum Gasteiger partial charge on any atom is -0.460 e. The molecule has 1 aromatic heterocycles. The molecule has 1 aliphatic carbocycles. The summed E-state index contributed by atoms with van der Waals surface area (Å²) in [6.45, 7) is 0.319. The Hall–Kier alpha value is -2.67. The highest BCUT2D eigenvalue weighted by atomic mass is 32.1. The lowest BCUT2D eigenvalue weighted by Crippen LogP contribution is -2.27. The van der Waals surface area contributed by atoms with Crippen molar-refractivity contribution in [2.75, 3.05) is 13.2 Å². The lowest BCUT2D eigenvalue weighted by Gasteiger charge is -2.08. The van der Waals surface area contributed by atoms with Crippen molar-refractivity contribution in [3.63, 3.8) is 0 Å². The average molecular weight is 372 g/mol. The number of aryl methyl sites for hydroxylation is 2. The van der Waals surface area contributed by atoms with Crippen molar-refractivity contribution < 1.29 is 19.1 Å². The molecule has 26 heavy (non-hydrogen) atoms. The summed E-state index contributed by atoms with van der Waals surface area (Å²) in [6, 6.07) is 7.88. The number of nitrogens with two attached hydrogens (primary N) is 1. The molecule has 0 fully saturated rings. The Morgan fingerprint density at radius 1 is 1.08 bits per heavy atom. The van der Waals surface area contributed by atoms with Crippen LogP contribution < -0.4 is 11.1 Å². The molecule has 0 bridgehead atoms. The number of thiophene rings is 1. The summed E-state index contributed by atoms with van der Waals surface area (Å²) in [7, 11) is 0. The summed E-state index contributed by atoms with van der Waals surface area (Å²) in [5.74, 6) is -1.20. The van der Waals surface area contributed by atoms with Crippen molar-refractivity contribution in [3.8, 4) is 0 Å². The molecule has 0 saturated carbocycles. The third kappa shape index (κ3) is 4.29. The van der Waals surface area contributed by atoms with Crippen molar-refractivity contribution in [2.24, 2.45) is 5.73 Å². The molecule has 0 unspecified atom stereocenters. The minimum atomic E-state index is -0.553. The van der Waals surface area contributed by atoms with Crippen LogP contribution in [0.2, 0.25) is 0 Å². The fraction of sp³-hybridized carbons (Fsp3) is 0.316. The van der Waals surface area contributed by atoms with Crippen molar-refractivity contribution in [1.29, 1.82) is 0 Å². The molecular formula is C19H20N2O4S. The number of ether oxygens (including phenoxy) is 1. The van der Waals surface area contributed by atoms with Crippen LogP contribution in [0.4, 0.5) is 0 Å². The summed E-state index contributed by atoms with van der Waals surface area (Å²) >= 11 is 1.55. The predicted molar refractivity (Wildman–Crippen MR) is 98.5 cm³/mol. The fourth-order valence-electron chi connectivity index (χ4n) is 2.85. The molecule has 1 aromatic carbocycles. The molecule has 2 aromatic rings. The van der Waals surface area contributed by atoms with E-state index in [0.717, 1.165) is 12.8 Å². The van der Waals surface area contributed by atoms with Crippen LogP contribution in [0.3, 0.4) is 0 Å². The lowest BCUT2D eigenvalue weighted by molar-refractivity contribution is 0.0503. The first kappa shape index (κ1) is 18.1. The number of benzene rings is 1. The number of amides is 2. The molecule has 0 radical (unpaired) electrons. The molecule has 1 heterocycles. The molecule has 3 N–H and O–H groups in total. The van der Waals surface area contributed by atoms with Gasteiger partial charge < -0.3 is 15.8 Å². The number of esters is 1. The number of fused-ring (bicyclic) bond motifs is 1. The highest BCUT2D eigenvalue weighted by Crippen LogP contribution is 2.29. The maximum absolute atomic E-state index is 12.2. The molecule has 136 valence electrons. The second-order valence-electron chi connectivity index (χ2n) is 6.10. The van der Waals surface area contributed by atoms with Crippen molar-refractivity contribution in [2.45, 2.75) is 25.7 Å². The van der Waals surface area contributed by atoms with Gasteiger partial charge in [0, 0.05) is 10.4 Å². The second-order valence-corrected chi connectivity index (χ2v) is 7.24. The van der Waals surface area contributed by atoms with E-state index in [4.69, 9.17) is 10.5 Å². The molecule has 0 atom stereocenters. The van der Waals surface area contributed by atoms with Gasteiger partial charge in [-0.05, 0) is 61.6 Å². The third-order valence-corrected chi connectivity index (χ3v) is 5.48. The van der Waals surface area contributed by atoms with E-state index in [2.05, 4.69) is 5.32 Å². The van der Waals surface area contributed by atoms with Crippen LogP contribution in [0, 0.1) is 0 Å². The first-order chi connectivity index (χ1) is 12.5.